The minimum Gasteiger partial charge on any atom is -0.475 e. The molecule has 0 aromatic carbocycles. The maximum absolute atomic E-state index is 12.4. The Balaban J connectivity index is 0.000000298. The molecule has 29 heavy (non-hydrogen) atoms. The van der Waals surface area contributed by atoms with E-state index in [9.17, 15) is 18.0 Å². The zero-order valence-electron chi connectivity index (χ0n) is 15.5. The van der Waals surface area contributed by atoms with Crippen molar-refractivity contribution in [1.29, 1.82) is 0 Å². The molecule has 2 aliphatic heterocycles. The number of amides is 1. The molecule has 1 amide bonds. The van der Waals surface area contributed by atoms with Gasteiger partial charge in [0.25, 0.3) is 5.91 Å². The fourth-order valence-electron chi connectivity index (χ4n) is 3.68. The second kappa shape index (κ2) is 8.49. The van der Waals surface area contributed by atoms with Crippen molar-refractivity contribution >= 4 is 23.2 Å². The molecule has 2 aliphatic rings. The number of hydrogen-bond donors (Lipinski definition) is 1. The number of aliphatic carboxylic acids is 1. The highest BCUT2D eigenvalue weighted by molar-refractivity contribution is 7.07. The number of nitrogens with zero attached hydrogens (tertiary/aromatic N) is 5. The van der Waals surface area contributed by atoms with Crippen LogP contribution in [0, 0.1) is 11.8 Å². The Kier molecular flexibility index (Phi) is 6.22. The quantitative estimate of drug-likeness (QED) is 0.796. The van der Waals surface area contributed by atoms with Gasteiger partial charge in [0.2, 0.25) is 0 Å². The van der Waals surface area contributed by atoms with Gasteiger partial charge in [-0.25, -0.2) is 9.78 Å². The van der Waals surface area contributed by atoms with Crippen molar-refractivity contribution in [2.75, 3.05) is 26.2 Å². The van der Waals surface area contributed by atoms with Gasteiger partial charge in [-0.05, 0) is 11.8 Å². The zero-order valence-corrected chi connectivity index (χ0v) is 16.4. The first-order valence-electron chi connectivity index (χ1n) is 8.81. The second-order valence-corrected chi connectivity index (χ2v) is 7.84. The molecule has 12 heteroatoms. The van der Waals surface area contributed by atoms with Crippen LogP contribution >= 0.6 is 11.3 Å². The number of thiazole rings is 1. The number of carboxylic acids is 1. The van der Waals surface area contributed by atoms with Crippen molar-refractivity contribution in [3.8, 4) is 0 Å². The largest absolute Gasteiger partial charge is 0.490 e. The third kappa shape index (κ3) is 5.32. The molecule has 2 atom stereocenters. The number of fused-ring (bicyclic) bond motifs is 1. The Bertz CT molecular complexity index is 841. The first-order chi connectivity index (χ1) is 13.6. The fraction of sp³-hybridized carbons (Fsp3) is 0.529. The first kappa shape index (κ1) is 21.2. The van der Waals surface area contributed by atoms with Gasteiger partial charge in [0, 0.05) is 56.9 Å². The Morgan fingerprint density at radius 2 is 1.86 bits per heavy atom. The van der Waals surface area contributed by atoms with Crippen LogP contribution in [0.5, 0.6) is 0 Å². The number of aromatic nitrogens is 3. The zero-order chi connectivity index (χ0) is 21.2. The number of halogens is 3. The van der Waals surface area contributed by atoms with Gasteiger partial charge in [-0.2, -0.15) is 18.3 Å². The van der Waals surface area contributed by atoms with Gasteiger partial charge in [-0.1, -0.05) is 0 Å². The van der Waals surface area contributed by atoms with Gasteiger partial charge in [-0.3, -0.25) is 14.4 Å². The predicted octanol–water partition coefficient (Wildman–Crippen LogP) is 1.71. The van der Waals surface area contributed by atoms with Crippen LogP contribution in [0.2, 0.25) is 0 Å². The fourth-order valence-corrected chi connectivity index (χ4v) is 4.20. The van der Waals surface area contributed by atoms with Gasteiger partial charge < -0.3 is 10.0 Å². The van der Waals surface area contributed by atoms with Crippen molar-refractivity contribution in [2.24, 2.45) is 18.9 Å². The lowest BCUT2D eigenvalue weighted by Gasteiger charge is -2.20. The molecule has 4 heterocycles. The van der Waals surface area contributed by atoms with E-state index in [1.54, 1.807) is 5.51 Å². The number of hydrogen-bond acceptors (Lipinski definition) is 6. The highest BCUT2D eigenvalue weighted by atomic mass is 32.1. The summed E-state index contributed by atoms with van der Waals surface area (Å²) in [4.78, 5) is 29.9. The summed E-state index contributed by atoms with van der Waals surface area (Å²) in [7, 11) is 1.95. The molecule has 0 unspecified atom stereocenters. The predicted molar refractivity (Wildman–Crippen MR) is 97.2 cm³/mol. The number of rotatable bonds is 3. The molecule has 0 saturated carbocycles. The van der Waals surface area contributed by atoms with Crippen LogP contribution in [0.4, 0.5) is 13.2 Å². The van der Waals surface area contributed by atoms with E-state index in [-0.39, 0.29) is 5.91 Å². The summed E-state index contributed by atoms with van der Waals surface area (Å²) in [6, 6.07) is 0. The van der Waals surface area contributed by atoms with E-state index in [1.807, 2.05) is 28.2 Å². The number of likely N-dealkylation sites (tertiary alicyclic amines) is 2. The van der Waals surface area contributed by atoms with Crippen LogP contribution in [0.25, 0.3) is 0 Å². The summed E-state index contributed by atoms with van der Waals surface area (Å²) in [5.41, 5.74) is 3.58. The molecule has 1 N–H and O–H groups in total. The van der Waals surface area contributed by atoms with Gasteiger partial charge >= 0.3 is 12.1 Å². The maximum Gasteiger partial charge on any atom is 0.490 e. The lowest BCUT2D eigenvalue weighted by Crippen LogP contribution is -2.33. The molecule has 2 aromatic rings. The van der Waals surface area contributed by atoms with Crippen LogP contribution in [-0.4, -0.2) is 73.9 Å². The van der Waals surface area contributed by atoms with Crippen molar-refractivity contribution in [1.82, 2.24) is 24.6 Å². The summed E-state index contributed by atoms with van der Waals surface area (Å²) < 4.78 is 33.6. The number of carboxylic acid groups (broad SMARTS) is 1. The Hall–Kier alpha value is -2.47. The van der Waals surface area contributed by atoms with Crippen LogP contribution in [0.1, 0.15) is 16.1 Å². The molecular formula is C17H20F3N5O3S. The standard InChI is InChI=1S/C15H19N5OS.C2HF3O2/c1-18-3-11(2-17-18)4-19-5-12-7-20(8-13(12)6-19)15(21)14-9-22-10-16-14;3-2(4,5)1(6)7/h2-3,9-10,12-13H,4-8H2,1H3;(H,6,7)/t12-,13+;. The average Bonchev–Trinajstić information content (AvgIpc) is 3.38. The van der Waals surface area contributed by atoms with E-state index in [0.29, 0.717) is 17.5 Å². The minimum atomic E-state index is -5.08. The topological polar surface area (TPSA) is 91.6 Å². The van der Waals surface area contributed by atoms with Crippen molar-refractivity contribution in [2.45, 2.75) is 12.7 Å². The maximum atomic E-state index is 12.4. The summed E-state index contributed by atoms with van der Waals surface area (Å²) in [6.07, 6.45) is -1.07. The first-order valence-corrected chi connectivity index (χ1v) is 9.75. The molecular weight excluding hydrogens is 411 g/mol. The summed E-state index contributed by atoms with van der Waals surface area (Å²) in [5, 5.41) is 13.2. The molecule has 0 radical (unpaired) electrons. The van der Waals surface area contributed by atoms with Crippen LogP contribution in [0.15, 0.2) is 23.3 Å². The minimum absolute atomic E-state index is 0.0921. The normalized spacial score (nSPS) is 21.6. The monoisotopic (exact) mass is 431 g/mol. The lowest BCUT2D eigenvalue weighted by molar-refractivity contribution is -0.192. The molecule has 0 bridgehead atoms. The van der Waals surface area contributed by atoms with E-state index in [2.05, 4.69) is 21.2 Å². The number of aryl methyl sites for hydroxylation is 1. The van der Waals surface area contributed by atoms with Crippen LogP contribution in [0.3, 0.4) is 0 Å². The van der Waals surface area contributed by atoms with E-state index in [1.165, 1.54) is 16.9 Å². The van der Waals surface area contributed by atoms with Crippen LogP contribution < -0.4 is 0 Å². The Labute approximate surface area is 168 Å². The van der Waals surface area contributed by atoms with Gasteiger partial charge in [-0.15, -0.1) is 11.3 Å². The molecule has 158 valence electrons. The highest BCUT2D eigenvalue weighted by Gasteiger charge is 2.42. The van der Waals surface area contributed by atoms with Crippen LogP contribution in [-0.2, 0) is 18.4 Å². The molecule has 2 fully saturated rings. The van der Waals surface area contributed by atoms with Crippen molar-refractivity contribution in [3.63, 3.8) is 0 Å². The molecule has 2 aromatic heterocycles. The van der Waals surface area contributed by atoms with E-state index in [0.717, 1.165) is 32.7 Å². The molecule has 8 nitrogen and oxygen atoms in total. The van der Waals surface area contributed by atoms with Crippen molar-refractivity contribution < 1.29 is 27.9 Å². The SMILES string of the molecule is Cn1cc(CN2C[C@@H]3CN(C(=O)c4cscn4)C[C@@H]3C2)cn1.O=C(O)C(F)(F)F. The summed E-state index contributed by atoms with van der Waals surface area (Å²) in [6.45, 7) is 4.83. The van der Waals surface area contributed by atoms with E-state index < -0.39 is 12.1 Å². The molecule has 4 rings (SSSR count). The van der Waals surface area contributed by atoms with Gasteiger partial charge in [0.1, 0.15) is 5.69 Å². The molecule has 2 saturated heterocycles. The highest BCUT2D eigenvalue weighted by Crippen LogP contribution is 2.32. The summed E-state index contributed by atoms with van der Waals surface area (Å²) in [5.74, 6) is -1.47. The number of carbonyl (C=O) groups is 2. The molecule has 0 aliphatic carbocycles. The Morgan fingerprint density at radius 3 is 2.31 bits per heavy atom. The third-order valence-electron chi connectivity index (χ3n) is 4.91. The average molecular weight is 431 g/mol. The smallest absolute Gasteiger partial charge is 0.475 e. The number of carbonyl (C=O) groups excluding carboxylic acids is 1. The second-order valence-electron chi connectivity index (χ2n) is 7.12. The third-order valence-corrected chi connectivity index (χ3v) is 5.49. The Morgan fingerprint density at radius 1 is 1.24 bits per heavy atom. The number of alkyl halides is 3. The van der Waals surface area contributed by atoms with Gasteiger partial charge in [0.05, 0.1) is 11.7 Å². The van der Waals surface area contributed by atoms with E-state index in [4.69, 9.17) is 9.90 Å². The van der Waals surface area contributed by atoms with Crippen molar-refractivity contribution in [3.05, 3.63) is 34.5 Å². The molecule has 0 spiro atoms. The van der Waals surface area contributed by atoms with Gasteiger partial charge in [0.15, 0.2) is 0 Å². The summed E-state index contributed by atoms with van der Waals surface area (Å²) >= 11 is 1.48. The van der Waals surface area contributed by atoms with E-state index >= 15 is 0 Å². The lowest BCUT2D eigenvalue weighted by atomic mass is 10.0.